The maximum atomic E-state index is 13.0. The van der Waals surface area contributed by atoms with Crippen molar-refractivity contribution >= 4 is 11.6 Å². The number of hydrogen-bond donors (Lipinski definition) is 2. The number of carbonyl (C=O) groups excluding carboxylic acids is 1. The van der Waals surface area contributed by atoms with E-state index >= 15 is 0 Å². The van der Waals surface area contributed by atoms with Crippen LogP contribution in [-0.4, -0.2) is 34.8 Å². The van der Waals surface area contributed by atoms with Gasteiger partial charge in [0.2, 0.25) is 0 Å². The maximum absolute atomic E-state index is 13.0. The van der Waals surface area contributed by atoms with Gasteiger partial charge in [-0.2, -0.15) is 13.2 Å². The van der Waals surface area contributed by atoms with Crippen molar-refractivity contribution in [2.75, 3.05) is 6.54 Å². The largest absolute Gasteiger partial charge is 0.416 e. The normalized spacial score (nSPS) is 12.9. The number of rotatable bonds is 4. The van der Waals surface area contributed by atoms with Crippen molar-refractivity contribution in [2.24, 2.45) is 0 Å². The van der Waals surface area contributed by atoms with Gasteiger partial charge in [-0.15, -0.1) is 0 Å². The molecule has 1 aromatic carbocycles. The Morgan fingerprint density at radius 1 is 1.33 bits per heavy atom. The first-order valence-corrected chi connectivity index (χ1v) is 5.20. The summed E-state index contributed by atoms with van der Waals surface area (Å²) in [7, 11) is 0. The second kappa shape index (κ2) is 5.99. The van der Waals surface area contributed by atoms with Crippen molar-refractivity contribution in [1.29, 1.82) is 0 Å². The molecule has 0 heterocycles. The molecular formula is C10H7F5N2O4. The van der Waals surface area contributed by atoms with Gasteiger partial charge in [-0.05, 0) is 6.07 Å². The number of hydrogen-bond acceptors (Lipinski definition) is 4. The molecule has 2 N–H and O–H groups in total. The molecule has 1 unspecified atom stereocenters. The van der Waals surface area contributed by atoms with Crippen molar-refractivity contribution in [1.82, 2.24) is 5.32 Å². The van der Waals surface area contributed by atoms with Gasteiger partial charge >= 0.3 is 6.18 Å². The number of amides is 1. The number of aliphatic hydroxyl groups excluding tert-OH is 1. The minimum atomic E-state index is -5.01. The number of nitrogens with one attached hydrogen (secondary N) is 1. The monoisotopic (exact) mass is 314 g/mol. The molecular weight excluding hydrogens is 307 g/mol. The first kappa shape index (κ1) is 16.8. The van der Waals surface area contributed by atoms with E-state index in [1.54, 1.807) is 5.32 Å². The van der Waals surface area contributed by atoms with Crippen LogP contribution in [0.5, 0.6) is 0 Å². The number of nitro benzene ring substituents is 1. The summed E-state index contributed by atoms with van der Waals surface area (Å²) in [5, 5.41) is 20.8. The molecule has 0 aliphatic rings. The van der Waals surface area contributed by atoms with Crippen molar-refractivity contribution < 1.29 is 36.8 Å². The van der Waals surface area contributed by atoms with E-state index in [2.05, 4.69) is 0 Å². The van der Waals surface area contributed by atoms with Crippen LogP contribution in [0.25, 0.3) is 0 Å². The summed E-state index contributed by atoms with van der Waals surface area (Å²) in [6, 6.07) is 0.313. The highest BCUT2D eigenvalue weighted by molar-refractivity contribution is 5.98. The fraction of sp³-hybridized carbons (Fsp3) is 0.300. The quantitative estimate of drug-likeness (QED) is 0.501. The van der Waals surface area contributed by atoms with Crippen LogP contribution >= 0.6 is 0 Å². The van der Waals surface area contributed by atoms with Crippen LogP contribution in [0.1, 0.15) is 10.4 Å². The Bertz CT molecular complexity index is 575. The molecule has 21 heavy (non-hydrogen) atoms. The summed E-state index contributed by atoms with van der Waals surface area (Å²) in [5.74, 6) is -4.63. The highest BCUT2D eigenvalue weighted by atomic mass is 19.4. The molecule has 0 fully saturated rings. The van der Waals surface area contributed by atoms with Crippen molar-refractivity contribution in [3.05, 3.63) is 39.4 Å². The van der Waals surface area contributed by atoms with Gasteiger partial charge in [0.25, 0.3) is 11.6 Å². The number of alkyl halides is 3. The van der Waals surface area contributed by atoms with E-state index < -0.39 is 52.5 Å². The van der Waals surface area contributed by atoms with Crippen molar-refractivity contribution in [3.8, 4) is 0 Å². The van der Waals surface area contributed by atoms with Gasteiger partial charge in [-0.3, -0.25) is 14.9 Å². The number of nitro groups is 1. The molecule has 0 radical (unpaired) electrons. The Kier molecular flexibility index (Phi) is 4.78. The van der Waals surface area contributed by atoms with Crippen LogP contribution in [0.4, 0.5) is 27.6 Å². The predicted octanol–water partition coefficient (Wildman–Crippen LogP) is 1.53. The average molecular weight is 314 g/mol. The minimum Gasteiger partial charge on any atom is -0.382 e. The molecule has 11 heteroatoms. The lowest BCUT2D eigenvalue weighted by molar-refractivity contribution is -0.385. The zero-order valence-corrected chi connectivity index (χ0v) is 9.95. The molecule has 0 aliphatic carbocycles. The van der Waals surface area contributed by atoms with E-state index in [-0.39, 0.29) is 12.1 Å². The third-order valence-corrected chi connectivity index (χ3v) is 2.31. The van der Waals surface area contributed by atoms with Crippen molar-refractivity contribution in [2.45, 2.75) is 12.3 Å². The third kappa shape index (κ3) is 4.08. The fourth-order valence-corrected chi connectivity index (χ4v) is 1.27. The van der Waals surface area contributed by atoms with Gasteiger partial charge in [0.1, 0.15) is 5.56 Å². The first-order valence-electron chi connectivity index (χ1n) is 5.20. The fourth-order valence-electron chi connectivity index (χ4n) is 1.27. The van der Waals surface area contributed by atoms with Gasteiger partial charge in [-0.25, -0.2) is 8.78 Å². The highest BCUT2D eigenvalue weighted by Gasteiger charge is 2.38. The Morgan fingerprint density at radius 2 is 1.86 bits per heavy atom. The Labute approximate surface area is 113 Å². The Balaban J connectivity index is 2.97. The third-order valence-electron chi connectivity index (χ3n) is 2.31. The summed E-state index contributed by atoms with van der Waals surface area (Å²) in [6.45, 7) is -1.29. The summed E-state index contributed by atoms with van der Waals surface area (Å²) in [4.78, 5) is 20.9. The molecule has 1 atom stereocenters. The SMILES string of the molecule is O=C(NCC(O)C(F)(F)F)c1cc(F)c(F)cc1[N+](=O)[O-]. The molecule has 0 saturated heterocycles. The summed E-state index contributed by atoms with van der Waals surface area (Å²) in [6.07, 6.45) is -7.90. The first-order chi connectivity index (χ1) is 9.54. The lowest BCUT2D eigenvalue weighted by atomic mass is 10.1. The van der Waals surface area contributed by atoms with E-state index in [1.165, 1.54) is 0 Å². The van der Waals surface area contributed by atoms with Crippen LogP contribution < -0.4 is 5.32 Å². The topological polar surface area (TPSA) is 92.5 Å². The number of carbonyl (C=O) groups is 1. The molecule has 0 aliphatic heterocycles. The zero-order chi connectivity index (χ0) is 16.4. The Morgan fingerprint density at radius 3 is 2.33 bits per heavy atom. The predicted molar refractivity (Wildman–Crippen MR) is 57.4 cm³/mol. The van der Waals surface area contributed by atoms with E-state index in [0.717, 1.165) is 0 Å². The summed E-state index contributed by atoms with van der Waals surface area (Å²) in [5.41, 5.74) is -2.08. The van der Waals surface area contributed by atoms with Gasteiger partial charge in [0, 0.05) is 0 Å². The van der Waals surface area contributed by atoms with E-state index in [1.807, 2.05) is 0 Å². The zero-order valence-electron chi connectivity index (χ0n) is 9.95. The molecule has 0 spiro atoms. The molecule has 6 nitrogen and oxygen atoms in total. The van der Waals surface area contributed by atoms with Crippen LogP contribution in [0.15, 0.2) is 12.1 Å². The summed E-state index contributed by atoms with van der Waals surface area (Å²) >= 11 is 0. The molecule has 0 bridgehead atoms. The maximum Gasteiger partial charge on any atom is 0.416 e. The smallest absolute Gasteiger partial charge is 0.382 e. The standard InChI is InChI=1S/C10H7F5N2O4/c11-5-1-4(7(17(20)21)2-6(5)12)9(19)16-3-8(18)10(13,14)15/h1-2,8,18H,3H2,(H,16,19). The van der Waals surface area contributed by atoms with Crippen LogP contribution in [0.2, 0.25) is 0 Å². The minimum absolute atomic E-state index is 0.129. The molecule has 1 aromatic rings. The second-order valence-electron chi connectivity index (χ2n) is 3.81. The Hall–Kier alpha value is -2.30. The van der Waals surface area contributed by atoms with Gasteiger partial charge in [0.15, 0.2) is 17.7 Å². The average Bonchev–Trinajstić information content (AvgIpc) is 2.36. The highest BCUT2D eigenvalue weighted by Crippen LogP contribution is 2.23. The number of benzene rings is 1. The van der Waals surface area contributed by atoms with Crippen molar-refractivity contribution in [3.63, 3.8) is 0 Å². The van der Waals surface area contributed by atoms with E-state index in [0.29, 0.717) is 0 Å². The lowest BCUT2D eigenvalue weighted by Crippen LogP contribution is -2.40. The molecule has 116 valence electrons. The van der Waals surface area contributed by atoms with E-state index in [4.69, 9.17) is 5.11 Å². The van der Waals surface area contributed by atoms with E-state index in [9.17, 15) is 36.9 Å². The number of halogens is 5. The molecule has 1 rings (SSSR count). The van der Waals surface area contributed by atoms with Gasteiger partial charge in [-0.1, -0.05) is 0 Å². The summed E-state index contributed by atoms with van der Waals surface area (Å²) < 4.78 is 61.8. The van der Waals surface area contributed by atoms with Crippen LogP contribution in [0.3, 0.4) is 0 Å². The van der Waals surface area contributed by atoms with Gasteiger partial charge < -0.3 is 10.4 Å². The number of aliphatic hydroxyl groups is 1. The molecule has 0 saturated carbocycles. The van der Waals surface area contributed by atoms with Crippen LogP contribution in [0, 0.1) is 21.7 Å². The lowest BCUT2D eigenvalue weighted by Gasteiger charge is -2.15. The number of nitrogens with zero attached hydrogens (tertiary/aromatic N) is 1. The molecule has 0 aromatic heterocycles. The molecule has 1 amide bonds. The van der Waals surface area contributed by atoms with Crippen LogP contribution in [-0.2, 0) is 0 Å². The van der Waals surface area contributed by atoms with Gasteiger partial charge in [0.05, 0.1) is 17.5 Å². The second-order valence-corrected chi connectivity index (χ2v) is 3.81.